The van der Waals surface area contributed by atoms with Crippen molar-refractivity contribution in [3.8, 4) is 17.6 Å². The lowest BCUT2D eigenvalue weighted by Gasteiger charge is -2.43. The summed E-state index contributed by atoms with van der Waals surface area (Å²) < 4.78 is 33.1. The Morgan fingerprint density at radius 1 is 1.30 bits per heavy atom. The van der Waals surface area contributed by atoms with E-state index in [1.165, 1.54) is 41.6 Å². The van der Waals surface area contributed by atoms with E-state index in [1.807, 2.05) is 20.9 Å². The Morgan fingerprint density at radius 3 is 2.48 bits per heavy atom. The molecule has 0 saturated carbocycles. The van der Waals surface area contributed by atoms with Crippen LogP contribution in [0.25, 0.3) is 0 Å². The molecule has 1 fully saturated rings. The fourth-order valence-electron chi connectivity index (χ4n) is 3.63. The van der Waals surface area contributed by atoms with E-state index in [1.54, 1.807) is 6.92 Å². The van der Waals surface area contributed by atoms with Crippen LogP contribution in [0.2, 0.25) is 0 Å². The van der Waals surface area contributed by atoms with Crippen LogP contribution in [-0.2, 0) is 19.6 Å². The Hall–Kier alpha value is -2.65. The number of sulfonamides is 1. The minimum atomic E-state index is -4.08. The normalized spacial score (nSPS) is 20.0. The van der Waals surface area contributed by atoms with Crippen molar-refractivity contribution in [2.24, 2.45) is 0 Å². The van der Waals surface area contributed by atoms with Gasteiger partial charge in [-0.2, -0.15) is 4.31 Å². The van der Waals surface area contributed by atoms with Crippen molar-refractivity contribution in [3.63, 3.8) is 0 Å². The Bertz CT molecular complexity index is 1000. The van der Waals surface area contributed by atoms with Crippen molar-refractivity contribution >= 4 is 21.8 Å². The fourth-order valence-corrected chi connectivity index (χ4v) is 5.27. The molecule has 2 amide bonds. The first-order valence-corrected chi connectivity index (χ1v) is 12.1. The van der Waals surface area contributed by atoms with Gasteiger partial charge in [0.15, 0.2) is 0 Å². The second-order valence-electron chi connectivity index (χ2n) is 7.82. The maximum atomic E-state index is 13.3. The highest BCUT2D eigenvalue weighted by atomic mass is 32.2. The zero-order chi connectivity index (χ0) is 24.8. The molecular formula is C22H32N4O6S. The van der Waals surface area contributed by atoms with Gasteiger partial charge < -0.3 is 9.64 Å². The quantitative estimate of drug-likeness (QED) is 0.332. The number of ether oxygens (including phenoxy) is 1. The summed E-state index contributed by atoms with van der Waals surface area (Å²) in [6.45, 7) is 8.07. The summed E-state index contributed by atoms with van der Waals surface area (Å²) in [6.07, 6.45) is 0. The Morgan fingerprint density at radius 2 is 1.94 bits per heavy atom. The molecule has 0 aliphatic carbocycles. The van der Waals surface area contributed by atoms with E-state index in [4.69, 9.17) is 9.94 Å². The number of nitrogens with zero attached hydrogens (tertiary/aromatic N) is 3. The Balaban J connectivity index is 2.16. The number of benzene rings is 1. The molecule has 0 bridgehead atoms. The van der Waals surface area contributed by atoms with Crippen LogP contribution in [0, 0.1) is 11.8 Å². The van der Waals surface area contributed by atoms with Gasteiger partial charge in [-0.15, -0.1) is 0 Å². The largest absolute Gasteiger partial charge is 0.481 e. The van der Waals surface area contributed by atoms with Gasteiger partial charge in [0.05, 0.1) is 17.0 Å². The molecule has 10 nitrogen and oxygen atoms in total. The molecule has 182 valence electrons. The maximum absolute atomic E-state index is 13.3. The zero-order valence-electron chi connectivity index (χ0n) is 19.6. The highest BCUT2D eigenvalue weighted by Gasteiger charge is 2.45. The summed E-state index contributed by atoms with van der Waals surface area (Å²) in [5, 5.41) is 9.15. The number of rotatable bonds is 7. The third kappa shape index (κ3) is 6.23. The van der Waals surface area contributed by atoms with Crippen LogP contribution in [0.4, 0.5) is 0 Å². The van der Waals surface area contributed by atoms with Gasteiger partial charge in [-0.1, -0.05) is 18.8 Å². The number of amides is 2. The molecule has 0 aromatic heterocycles. The van der Waals surface area contributed by atoms with Gasteiger partial charge in [-0.25, -0.2) is 13.9 Å². The summed E-state index contributed by atoms with van der Waals surface area (Å²) in [5.74, 6) is 5.30. The molecule has 0 radical (unpaired) electrons. The molecule has 1 aromatic rings. The van der Waals surface area contributed by atoms with E-state index in [0.29, 0.717) is 5.75 Å². The van der Waals surface area contributed by atoms with E-state index in [9.17, 15) is 18.0 Å². The van der Waals surface area contributed by atoms with Gasteiger partial charge in [0.2, 0.25) is 15.9 Å². The van der Waals surface area contributed by atoms with Crippen LogP contribution in [0.5, 0.6) is 5.75 Å². The molecule has 3 atom stereocenters. The number of piperazine rings is 1. The number of hydrogen-bond acceptors (Lipinski definition) is 7. The van der Waals surface area contributed by atoms with Crippen LogP contribution in [0.15, 0.2) is 29.2 Å². The minimum Gasteiger partial charge on any atom is -0.481 e. The van der Waals surface area contributed by atoms with Crippen molar-refractivity contribution in [1.29, 1.82) is 0 Å². The van der Waals surface area contributed by atoms with E-state index < -0.39 is 28.0 Å². The number of carbonyl (C=O) groups excluding carboxylic acids is 2. The van der Waals surface area contributed by atoms with Gasteiger partial charge in [0.25, 0.3) is 5.91 Å². The molecule has 11 heteroatoms. The molecule has 3 unspecified atom stereocenters. The number of hydrogen-bond donors (Lipinski definition) is 2. The lowest BCUT2D eigenvalue weighted by Crippen LogP contribution is -2.65. The third-order valence-corrected chi connectivity index (χ3v) is 7.71. The standard InChI is InChI=1S/C22H32N4O6S/c1-6-24(5)16(2)8-7-15-32-19-9-11-20(12-10-19)33(30,31)26-14-13-25(18(4)27)17(3)21(26)22(28)23-29/h9-12,16-17,21,29H,6,13-15H2,1-5H3,(H,23,28). The zero-order valence-corrected chi connectivity index (χ0v) is 20.4. The first-order chi connectivity index (χ1) is 15.5. The van der Waals surface area contributed by atoms with E-state index in [2.05, 4.69) is 16.7 Å². The molecule has 2 N–H and O–H groups in total. The van der Waals surface area contributed by atoms with Gasteiger partial charge in [0.1, 0.15) is 18.4 Å². The molecule has 1 aliphatic heterocycles. The predicted octanol–water partition coefficient (Wildman–Crippen LogP) is 0.524. The molecule has 2 rings (SSSR count). The van der Waals surface area contributed by atoms with Crippen LogP contribution in [0.1, 0.15) is 27.7 Å². The van der Waals surface area contributed by atoms with Crippen molar-refractivity contribution in [2.45, 2.75) is 50.7 Å². The molecule has 1 saturated heterocycles. The smallest absolute Gasteiger partial charge is 0.263 e. The monoisotopic (exact) mass is 480 g/mol. The van der Waals surface area contributed by atoms with Gasteiger partial charge in [-0.3, -0.25) is 19.7 Å². The minimum absolute atomic E-state index is 0.0293. The van der Waals surface area contributed by atoms with E-state index in [0.717, 1.165) is 10.8 Å². The molecule has 1 aromatic carbocycles. The van der Waals surface area contributed by atoms with Crippen molar-refractivity contribution < 1.29 is 28.0 Å². The van der Waals surface area contributed by atoms with Gasteiger partial charge in [-0.05, 0) is 51.7 Å². The molecule has 0 spiro atoms. The topological polar surface area (TPSA) is 119 Å². The highest BCUT2D eigenvalue weighted by molar-refractivity contribution is 7.89. The maximum Gasteiger partial charge on any atom is 0.263 e. The van der Waals surface area contributed by atoms with Gasteiger partial charge >= 0.3 is 0 Å². The van der Waals surface area contributed by atoms with E-state index >= 15 is 0 Å². The van der Waals surface area contributed by atoms with Crippen LogP contribution < -0.4 is 10.2 Å². The van der Waals surface area contributed by atoms with Crippen molar-refractivity contribution in [3.05, 3.63) is 24.3 Å². The number of hydroxylamine groups is 1. The molecule has 33 heavy (non-hydrogen) atoms. The van der Waals surface area contributed by atoms with Crippen LogP contribution in [0.3, 0.4) is 0 Å². The van der Waals surface area contributed by atoms with Gasteiger partial charge in [0, 0.05) is 20.0 Å². The van der Waals surface area contributed by atoms with Crippen LogP contribution in [-0.4, -0.2) is 91.0 Å². The predicted molar refractivity (Wildman–Crippen MR) is 122 cm³/mol. The SMILES string of the molecule is CCN(C)C(C)C#CCOc1ccc(S(=O)(=O)N2CCN(C(C)=O)C(C)C2C(=O)NO)cc1. The highest BCUT2D eigenvalue weighted by Crippen LogP contribution is 2.26. The Labute approximate surface area is 195 Å². The summed E-state index contributed by atoms with van der Waals surface area (Å²) in [6, 6.07) is 3.89. The van der Waals surface area contributed by atoms with Crippen LogP contribution >= 0.6 is 0 Å². The second kappa shape index (κ2) is 11.5. The third-order valence-electron chi connectivity index (χ3n) is 5.82. The number of carbonyl (C=O) groups is 2. The fraction of sp³-hybridized carbons (Fsp3) is 0.545. The van der Waals surface area contributed by atoms with E-state index in [-0.39, 0.29) is 36.5 Å². The summed E-state index contributed by atoms with van der Waals surface area (Å²) >= 11 is 0. The average molecular weight is 481 g/mol. The molecular weight excluding hydrogens is 448 g/mol. The first kappa shape index (κ1) is 26.6. The summed E-state index contributed by atoms with van der Waals surface area (Å²) in [7, 11) is -2.10. The average Bonchev–Trinajstić information content (AvgIpc) is 2.80. The number of nitrogens with one attached hydrogen (secondary N) is 1. The lowest BCUT2D eigenvalue weighted by molar-refractivity contribution is -0.142. The lowest BCUT2D eigenvalue weighted by atomic mass is 10.0. The molecule has 1 heterocycles. The van der Waals surface area contributed by atoms with Crippen molar-refractivity contribution in [1.82, 2.24) is 19.6 Å². The van der Waals surface area contributed by atoms with Crippen molar-refractivity contribution in [2.75, 3.05) is 33.3 Å². The summed E-state index contributed by atoms with van der Waals surface area (Å²) in [5.41, 5.74) is 1.52. The first-order valence-electron chi connectivity index (χ1n) is 10.7. The molecule has 1 aliphatic rings. The second-order valence-corrected chi connectivity index (χ2v) is 9.71. The Kier molecular flexibility index (Phi) is 9.25. The summed E-state index contributed by atoms with van der Waals surface area (Å²) in [4.78, 5) is 27.6.